The maximum Gasteiger partial charge on any atom is 0.416 e. The molecule has 2 N–H and O–H groups in total. The molecular weight excluding hydrogens is 406 g/mol. The van der Waals surface area contributed by atoms with Gasteiger partial charge in [-0.3, -0.25) is 4.99 Å². The Labute approximate surface area is 138 Å². The lowest BCUT2D eigenvalue weighted by Gasteiger charge is -2.34. The molecule has 20 heavy (non-hydrogen) atoms. The molecule has 9 heteroatoms. The first-order chi connectivity index (χ1) is 8.88. The molecule has 120 valence electrons. The molecule has 1 saturated heterocycles. The highest BCUT2D eigenvalue weighted by Crippen LogP contribution is 2.21. The fourth-order valence-electron chi connectivity index (χ4n) is 1.79. The topological polar surface area (TPSA) is 47.9 Å². The average Bonchev–Trinajstić information content (AvgIpc) is 2.38. The van der Waals surface area contributed by atoms with Gasteiger partial charge in [-0.25, -0.2) is 0 Å². The minimum atomic E-state index is -4.60. The molecule has 0 saturated carbocycles. The molecule has 0 amide bonds. The van der Waals surface area contributed by atoms with Gasteiger partial charge in [0.15, 0.2) is 12.1 Å². The van der Waals surface area contributed by atoms with Crippen LogP contribution in [0.15, 0.2) is 4.99 Å². The number of thioether (sulfide) groups is 1. The number of guanidine groups is 1. The predicted octanol–water partition coefficient (Wildman–Crippen LogP) is 1.93. The number of alkyl halides is 3. The number of aliphatic hydroxyl groups is 1. The summed E-state index contributed by atoms with van der Waals surface area (Å²) in [5.74, 6) is 1.35. The van der Waals surface area contributed by atoms with E-state index < -0.39 is 18.8 Å². The zero-order chi connectivity index (χ0) is 14.5. The van der Waals surface area contributed by atoms with Crippen molar-refractivity contribution in [2.24, 2.45) is 4.99 Å². The molecule has 1 heterocycles. The fourth-order valence-corrected chi connectivity index (χ4v) is 2.97. The van der Waals surface area contributed by atoms with E-state index in [1.54, 1.807) is 0 Å². The Morgan fingerprint density at radius 2 is 2.20 bits per heavy atom. The Morgan fingerprint density at radius 3 is 2.70 bits per heavy atom. The number of aliphatic hydroxyl groups excluding tert-OH is 1. The lowest BCUT2D eigenvalue weighted by atomic mass is 10.3. The Kier molecular flexibility index (Phi) is 9.23. The van der Waals surface area contributed by atoms with Crippen LogP contribution in [0.1, 0.15) is 13.3 Å². The highest BCUT2D eigenvalue weighted by Gasteiger charge is 2.38. The Bertz CT molecular complexity index is 318. The third-order valence-electron chi connectivity index (χ3n) is 2.94. The maximum absolute atomic E-state index is 12.2. The summed E-state index contributed by atoms with van der Waals surface area (Å²) in [7, 11) is 1.53. The number of hydrogen-bond acceptors (Lipinski definition) is 3. The highest BCUT2D eigenvalue weighted by atomic mass is 127. The summed E-state index contributed by atoms with van der Waals surface area (Å²) in [5.41, 5.74) is 0. The van der Waals surface area contributed by atoms with Crippen molar-refractivity contribution in [2.75, 3.05) is 32.4 Å². The molecule has 2 unspecified atom stereocenters. The Balaban J connectivity index is 0.00000361. The fraction of sp³-hybridized carbons (Fsp3) is 0.909. The number of aliphatic imine (C=N–C) groups is 1. The van der Waals surface area contributed by atoms with Crippen LogP contribution in [-0.4, -0.2) is 65.9 Å². The second kappa shape index (κ2) is 9.19. The van der Waals surface area contributed by atoms with Crippen LogP contribution < -0.4 is 5.32 Å². The van der Waals surface area contributed by atoms with Gasteiger partial charge < -0.3 is 15.3 Å². The van der Waals surface area contributed by atoms with Crippen LogP contribution >= 0.6 is 35.7 Å². The second-order valence-electron chi connectivity index (χ2n) is 4.33. The molecule has 2 atom stereocenters. The normalized spacial score (nSPS) is 22.2. The number of rotatable bonds is 3. The first-order valence-electron chi connectivity index (χ1n) is 6.20. The molecule has 1 fully saturated rings. The van der Waals surface area contributed by atoms with E-state index in [1.807, 2.05) is 16.7 Å². The molecule has 1 rings (SSSR count). The van der Waals surface area contributed by atoms with Crippen molar-refractivity contribution in [1.29, 1.82) is 0 Å². The van der Waals surface area contributed by atoms with Crippen molar-refractivity contribution in [3.05, 3.63) is 0 Å². The van der Waals surface area contributed by atoms with Crippen LogP contribution in [0.4, 0.5) is 13.2 Å². The number of nitrogens with one attached hydrogen (secondary N) is 1. The van der Waals surface area contributed by atoms with E-state index in [9.17, 15) is 13.2 Å². The van der Waals surface area contributed by atoms with Gasteiger partial charge in [-0.05, 0) is 6.42 Å². The molecule has 0 aromatic heterocycles. The van der Waals surface area contributed by atoms with Crippen LogP contribution in [0.5, 0.6) is 0 Å². The predicted molar refractivity (Wildman–Crippen MR) is 86.9 cm³/mol. The van der Waals surface area contributed by atoms with Crippen LogP contribution in [0.25, 0.3) is 0 Å². The van der Waals surface area contributed by atoms with Gasteiger partial charge in [0.2, 0.25) is 0 Å². The first-order valence-corrected chi connectivity index (χ1v) is 7.25. The average molecular weight is 427 g/mol. The van der Waals surface area contributed by atoms with Crippen molar-refractivity contribution >= 4 is 41.7 Å². The molecule has 0 aromatic carbocycles. The first kappa shape index (κ1) is 20.1. The van der Waals surface area contributed by atoms with E-state index in [0.29, 0.717) is 11.2 Å². The van der Waals surface area contributed by atoms with E-state index in [0.717, 1.165) is 25.3 Å². The molecule has 4 nitrogen and oxygen atoms in total. The standard InChI is InChI=1S/C11H20F3N3OS.HI/c1-3-8-7-17(4-5-19-8)10(15-2)16-6-9(18)11(12,13)14;/h8-9,18H,3-7H2,1-2H3,(H,15,16);1H. The molecular formula is C11H21F3IN3OS. The second-order valence-corrected chi connectivity index (χ2v) is 5.74. The quantitative estimate of drug-likeness (QED) is 0.411. The Morgan fingerprint density at radius 1 is 1.55 bits per heavy atom. The van der Waals surface area contributed by atoms with Gasteiger partial charge in [-0.1, -0.05) is 6.92 Å². The smallest absolute Gasteiger partial charge is 0.382 e. The molecule has 1 aliphatic rings. The molecule has 0 spiro atoms. The minimum absolute atomic E-state index is 0. The molecule has 1 aliphatic heterocycles. The van der Waals surface area contributed by atoms with Crippen LogP contribution in [-0.2, 0) is 0 Å². The monoisotopic (exact) mass is 427 g/mol. The molecule has 0 radical (unpaired) electrons. The lowest BCUT2D eigenvalue weighted by molar-refractivity contribution is -0.201. The van der Waals surface area contributed by atoms with Crippen molar-refractivity contribution in [1.82, 2.24) is 10.2 Å². The van der Waals surface area contributed by atoms with Gasteiger partial charge in [0.05, 0.1) is 6.54 Å². The summed E-state index contributed by atoms with van der Waals surface area (Å²) < 4.78 is 36.6. The van der Waals surface area contributed by atoms with Gasteiger partial charge in [0.1, 0.15) is 0 Å². The summed E-state index contributed by atoms with van der Waals surface area (Å²) in [4.78, 5) is 5.92. The van der Waals surface area contributed by atoms with Crippen molar-refractivity contribution in [3.8, 4) is 0 Å². The van der Waals surface area contributed by atoms with Crippen LogP contribution in [0.3, 0.4) is 0 Å². The molecule has 0 aliphatic carbocycles. The molecule has 0 bridgehead atoms. The summed E-state index contributed by atoms with van der Waals surface area (Å²) >= 11 is 1.87. The summed E-state index contributed by atoms with van der Waals surface area (Å²) in [5, 5.41) is 12.0. The summed E-state index contributed by atoms with van der Waals surface area (Å²) in [6, 6.07) is 0. The van der Waals surface area contributed by atoms with E-state index >= 15 is 0 Å². The van der Waals surface area contributed by atoms with E-state index in [-0.39, 0.29) is 24.0 Å². The van der Waals surface area contributed by atoms with Gasteiger partial charge in [-0.2, -0.15) is 24.9 Å². The van der Waals surface area contributed by atoms with Gasteiger partial charge in [0, 0.05) is 31.1 Å². The van der Waals surface area contributed by atoms with Crippen LogP contribution in [0, 0.1) is 0 Å². The van der Waals surface area contributed by atoms with Gasteiger partial charge >= 0.3 is 6.18 Å². The number of nitrogens with zero attached hydrogens (tertiary/aromatic N) is 2. The van der Waals surface area contributed by atoms with Gasteiger partial charge in [0.25, 0.3) is 0 Å². The minimum Gasteiger partial charge on any atom is -0.382 e. The summed E-state index contributed by atoms with van der Waals surface area (Å²) in [6.45, 7) is 3.03. The largest absolute Gasteiger partial charge is 0.416 e. The number of hydrogen-bond donors (Lipinski definition) is 2. The van der Waals surface area contributed by atoms with E-state index in [2.05, 4.69) is 17.2 Å². The third kappa shape index (κ3) is 6.25. The zero-order valence-electron chi connectivity index (χ0n) is 11.5. The van der Waals surface area contributed by atoms with Crippen LogP contribution in [0.2, 0.25) is 0 Å². The summed E-state index contributed by atoms with van der Waals surface area (Å²) in [6.07, 6.45) is -5.95. The SMILES string of the molecule is CCC1CN(C(=NC)NCC(O)C(F)(F)F)CCS1.I. The zero-order valence-corrected chi connectivity index (χ0v) is 14.6. The Hall–Kier alpha value is 0.1000. The number of halogens is 4. The molecule has 0 aromatic rings. The van der Waals surface area contributed by atoms with Crippen molar-refractivity contribution in [2.45, 2.75) is 30.9 Å². The third-order valence-corrected chi connectivity index (χ3v) is 4.31. The van der Waals surface area contributed by atoms with Crippen molar-refractivity contribution < 1.29 is 18.3 Å². The van der Waals surface area contributed by atoms with Gasteiger partial charge in [-0.15, -0.1) is 24.0 Å². The lowest BCUT2D eigenvalue weighted by Crippen LogP contribution is -2.51. The van der Waals surface area contributed by atoms with E-state index in [1.165, 1.54) is 7.05 Å². The maximum atomic E-state index is 12.2. The van der Waals surface area contributed by atoms with E-state index in [4.69, 9.17) is 5.11 Å². The van der Waals surface area contributed by atoms with Crippen molar-refractivity contribution in [3.63, 3.8) is 0 Å². The highest BCUT2D eigenvalue weighted by molar-refractivity contribution is 14.0.